The molecule has 2 aromatic rings. The van der Waals surface area contributed by atoms with Gasteiger partial charge in [-0.3, -0.25) is 24.2 Å². The lowest BCUT2D eigenvalue weighted by Crippen LogP contribution is -2.61. The third-order valence-corrected chi connectivity index (χ3v) is 15.3. The number of nitrogens with zero attached hydrogens (tertiary/aromatic N) is 5. The van der Waals surface area contributed by atoms with Crippen molar-refractivity contribution in [2.24, 2.45) is 39.6 Å². The number of amides is 3. The molecule has 2 bridgehead atoms. The van der Waals surface area contributed by atoms with E-state index in [0.717, 1.165) is 6.92 Å². The number of carbonyl (C=O) groups is 5. The number of aromatic nitrogens is 2. The molecule has 0 saturated carbocycles. The standard InChI is InChI=1S/C51H77FN8O12S/c1-14-37-51(11,67)35-19-18-34(59-69-24-33-17-16-32(22-54-33)46-57-38(25-73-46)56-45(65)31(8)55-44(64)30(7)53)23-68-49(9,21-26(3)40(28(35)5)58-39(61)15-2)43(29(6)42(63)50(10,52)48(66)71-37)72-47-41(62)36(60(12)13)20-27(4)70-47/h16-17,22,25-31,35-37,41,43,47,62,67H,14-15,18-21,23-24,53H2,1-13H3,(H,55,64)(H,56,65)/b58-40?,59-34+/t26-,27-,28-,29+,30+,31+,35-,36+,37-,41-,43-,47+,49-,50+,51+/m1/s1. The summed E-state index contributed by atoms with van der Waals surface area (Å²) in [5.74, 6) is -7.17. The van der Waals surface area contributed by atoms with E-state index in [1.54, 1.807) is 51.4 Å². The number of esters is 1. The second-order valence-corrected chi connectivity index (χ2v) is 21.6. The molecular weight excluding hydrogens is 968 g/mol. The van der Waals surface area contributed by atoms with Gasteiger partial charge in [-0.15, -0.1) is 11.3 Å². The van der Waals surface area contributed by atoms with Crippen LogP contribution in [0, 0.1) is 23.7 Å². The van der Waals surface area contributed by atoms with Gasteiger partial charge in [-0.1, -0.05) is 39.8 Å². The summed E-state index contributed by atoms with van der Waals surface area (Å²) < 4.78 is 42.8. The number of hydrogen-bond donors (Lipinski definition) is 5. The fourth-order valence-corrected chi connectivity index (χ4v) is 10.9. The Morgan fingerprint density at radius 2 is 1.78 bits per heavy atom. The van der Waals surface area contributed by atoms with Gasteiger partial charge < -0.3 is 55.3 Å². The predicted molar refractivity (Wildman–Crippen MR) is 272 cm³/mol. The summed E-state index contributed by atoms with van der Waals surface area (Å²) in [6.45, 7) is 17.1. The monoisotopic (exact) mass is 1040 g/mol. The van der Waals surface area contributed by atoms with Crippen molar-refractivity contribution >= 4 is 58.1 Å². The number of ether oxygens (including phenoxy) is 4. The van der Waals surface area contributed by atoms with Gasteiger partial charge in [0, 0.05) is 47.2 Å². The molecule has 15 atom stereocenters. The summed E-state index contributed by atoms with van der Waals surface area (Å²) in [7, 11) is 3.63. The number of aliphatic imine (C=N–C) groups is 1. The number of cyclic esters (lactones) is 1. The molecule has 3 saturated heterocycles. The van der Waals surface area contributed by atoms with Crippen LogP contribution in [-0.4, -0.2) is 152 Å². The van der Waals surface area contributed by atoms with E-state index >= 15 is 4.39 Å². The van der Waals surface area contributed by atoms with Crippen molar-refractivity contribution in [3.8, 4) is 10.6 Å². The van der Waals surface area contributed by atoms with Gasteiger partial charge in [-0.05, 0) is 112 Å². The number of aliphatic hydroxyl groups excluding tert-OH is 1. The van der Waals surface area contributed by atoms with Crippen molar-refractivity contribution in [2.75, 3.05) is 26.0 Å². The highest BCUT2D eigenvalue weighted by Gasteiger charge is 2.56. The minimum Gasteiger partial charge on any atom is -0.457 e. The summed E-state index contributed by atoms with van der Waals surface area (Å²) in [6, 6.07) is 1.48. The fourth-order valence-electron chi connectivity index (χ4n) is 10.1. The highest BCUT2D eigenvalue weighted by atomic mass is 32.1. The summed E-state index contributed by atoms with van der Waals surface area (Å²) in [5.41, 5.74) is 0.911. The molecule has 406 valence electrons. The first-order chi connectivity index (χ1) is 34.1. The molecule has 3 amide bonds. The van der Waals surface area contributed by atoms with Crippen LogP contribution in [0.3, 0.4) is 0 Å². The Kier molecular flexibility index (Phi) is 20.1. The molecule has 3 aliphatic rings. The lowest BCUT2D eigenvalue weighted by molar-refractivity contribution is -0.296. The van der Waals surface area contributed by atoms with Crippen LogP contribution in [0.5, 0.6) is 0 Å². The van der Waals surface area contributed by atoms with Gasteiger partial charge in [0.05, 0.1) is 41.9 Å². The zero-order chi connectivity index (χ0) is 54.3. The second kappa shape index (κ2) is 24.8. The summed E-state index contributed by atoms with van der Waals surface area (Å²) in [5, 5.41) is 36.4. The Morgan fingerprint density at radius 3 is 2.40 bits per heavy atom. The lowest BCUT2D eigenvalue weighted by Gasteiger charge is -2.48. The van der Waals surface area contributed by atoms with E-state index in [1.807, 2.05) is 39.8 Å². The van der Waals surface area contributed by atoms with Crippen LogP contribution >= 0.6 is 11.3 Å². The number of ketones is 1. The largest absolute Gasteiger partial charge is 0.457 e. The van der Waals surface area contributed by atoms with E-state index in [4.69, 9.17) is 29.5 Å². The van der Waals surface area contributed by atoms with Gasteiger partial charge in [-0.2, -0.15) is 0 Å². The van der Waals surface area contributed by atoms with Gasteiger partial charge in [-0.25, -0.2) is 19.2 Å². The number of aliphatic hydroxyl groups is 2. The van der Waals surface area contributed by atoms with E-state index in [1.165, 1.54) is 32.1 Å². The molecule has 6 N–H and O–H groups in total. The van der Waals surface area contributed by atoms with Crippen molar-refractivity contribution in [3.05, 3.63) is 29.4 Å². The third kappa shape index (κ3) is 14.2. The molecule has 20 nitrogen and oxygen atoms in total. The van der Waals surface area contributed by atoms with Gasteiger partial charge in [0.1, 0.15) is 34.7 Å². The minimum absolute atomic E-state index is 0.0211. The van der Waals surface area contributed by atoms with Crippen molar-refractivity contribution in [2.45, 2.75) is 187 Å². The first-order valence-electron chi connectivity index (χ1n) is 25.2. The molecule has 5 rings (SSSR count). The molecule has 0 radical (unpaired) electrons. The van der Waals surface area contributed by atoms with Gasteiger partial charge in [0.2, 0.25) is 17.7 Å². The normalized spacial score (nSPS) is 34.8. The van der Waals surface area contributed by atoms with Crippen molar-refractivity contribution in [3.63, 3.8) is 0 Å². The highest BCUT2D eigenvalue weighted by Crippen LogP contribution is 2.43. The van der Waals surface area contributed by atoms with Crippen LogP contribution in [0.1, 0.15) is 120 Å². The number of nitrogens with one attached hydrogen (secondary N) is 2. The van der Waals surface area contributed by atoms with Crippen LogP contribution in [-0.2, 0) is 54.4 Å². The molecular formula is C51H77FN8O12S. The number of thiazole rings is 1. The Morgan fingerprint density at radius 1 is 1.08 bits per heavy atom. The smallest absolute Gasteiger partial charge is 0.351 e. The molecule has 3 fully saturated rings. The fraction of sp³-hybridized carbons (Fsp3) is 0.706. The Bertz CT molecular complexity index is 2330. The second-order valence-electron chi connectivity index (χ2n) is 20.8. The van der Waals surface area contributed by atoms with Crippen LogP contribution in [0.4, 0.5) is 10.2 Å². The van der Waals surface area contributed by atoms with Gasteiger partial charge in [0.15, 0.2) is 18.7 Å². The molecule has 22 heteroatoms. The maximum Gasteiger partial charge on any atom is 0.351 e. The zero-order valence-corrected chi connectivity index (χ0v) is 45.3. The van der Waals surface area contributed by atoms with Crippen LogP contribution in [0.15, 0.2) is 33.9 Å². The third-order valence-electron chi connectivity index (χ3n) is 14.4. The number of nitrogens with two attached hydrogens (primary N) is 1. The molecule has 0 aromatic carbocycles. The van der Waals surface area contributed by atoms with E-state index in [0.29, 0.717) is 39.9 Å². The Balaban J connectivity index is 1.54. The number of carbonyl (C=O) groups excluding carboxylic acids is 5. The number of pyridine rings is 1. The Labute approximate surface area is 431 Å². The topological polar surface area (TPSA) is 276 Å². The number of alkyl halides is 1. The van der Waals surface area contributed by atoms with Crippen LogP contribution in [0.25, 0.3) is 10.6 Å². The number of anilines is 1. The number of hydrogen-bond acceptors (Lipinski definition) is 18. The maximum absolute atomic E-state index is 17.1. The zero-order valence-electron chi connectivity index (χ0n) is 44.5. The predicted octanol–water partition coefficient (Wildman–Crippen LogP) is 4.92. The van der Waals surface area contributed by atoms with Gasteiger partial charge >= 0.3 is 5.97 Å². The maximum atomic E-state index is 17.1. The molecule has 0 unspecified atom stereocenters. The first-order valence-corrected chi connectivity index (χ1v) is 26.1. The first kappa shape index (κ1) is 59.2. The molecule has 5 heterocycles. The van der Waals surface area contributed by atoms with Crippen LogP contribution < -0.4 is 16.4 Å². The molecule has 2 aromatic heterocycles. The van der Waals surface area contributed by atoms with Crippen molar-refractivity contribution in [1.82, 2.24) is 20.2 Å². The van der Waals surface area contributed by atoms with Crippen molar-refractivity contribution in [1.29, 1.82) is 0 Å². The van der Waals surface area contributed by atoms with Crippen molar-refractivity contribution < 1.29 is 62.4 Å². The highest BCUT2D eigenvalue weighted by molar-refractivity contribution is 7.13. The molecule has 3 aliphatic heterocycles. The summed E-state index contributed by atoms with van der Waals surface area (Å²) in [6.07, 6.45) is -3.14. The van der Waals surface area contributed by atoms with Gasteiger partial charge in [0.25, 0.3) is 5.67 Å². The van der Waals surface area contributed by atoms with E-state index < -0.39 is 119 Å². The summed E-state index contributed by atoms with van der Waals surface area (Å²) >= 11 is 1.28. The van der Waals surface area contributed by atoms with E-state index in [2.05, 4.69) is 30.7 Å². The Hall–Kier alpha value is -4.68. The molecule has 0 spiro atoms. The SMILES string of the molecule is CCC(=O)N=C1[C@H](C)C[C@@]2(C)OC/C(=N/OCc3ccc(-c4nc(NC(=O)[C@H](C)NC(=O)[C@H](C)N)cs4)cn3)CC[C@H]([C@H]1C)[C@](C)(O)[C@@H](CC)OC(=O)[C@@](C)(F)C(=O)[C@H](C)[C@H]2O[C@@H]1O[C@H](C)C[C@H](N(C)C)[C@H]1O. The lowest BCUT2D eigenvalue weighted by atomic mass is 9.68. The number of halogens is 1. The average molecular weight is 1050 g/mol. The quantitative estimate of drug-likeness (QED) is 0.101. The van der Waals surface area contributed by atoms with E-state index in [-0.39, 0.29) is 45.3 Å². The van der Waals surface area contributed by atoms with E-state index in [9.17, 15) is 34.2 Å². The average Bonchev–Trinajstić information content (AvgIpc) is 3.80. The number of Topliss-reactive ketones (excluding diaryl/α,β-unsaturated/α-hetero) is 1. The minimum atomic E-state index is -3.22. The summed E-state index contributed by atoms with van der Waals surface area (Å²) in [4.78, 5) is 88.1. The number of oxime groups is 1. The number of rotatable bonds is 13. The molecule has 0 aliphatic carbocycles. The number of likely N-dealkylation sites (N-methyl/N-ethyl adjacent to an activating group) is 1. The number of fused-ring (bicyclic) bond motifs is 5. The molecule has 73 heavy (non-hydrogen) atoms. The van der Waals surface area contributed by atoms with Crippen LogP contribution in [0.2, 0.25) is 0 Å².